The minimum atomic E-state index is -1.04. The Morgan fingerprint density at radius 2 is 2.20 bits per heavy atom. The molecule has 0 amide bonds. The Morgan fingerprint density at radius 1 is 1.55 bits per heavy atom. The molecule has 7 nitrogen and oxygen atoms in total. The van der Waals surface area contributed by atoms with E-state index < -0.39 is 16.4 Å². The Bertz CT molecular complexity index is 523. The van der Waals surface area contributed by atoms with Gasteiger partial charge in [-0.3, -0.25) is 10.1 Å². The zero-order valence-electron chi connectivity index (χ0n) is 11.3. The third kappa shape index (κ3) is 3.45. The van der Waals surface area contributed by atoms with Gasteiger partial charge in [-0.05, 0) is 36.0 Å². The first-order chi connectivity index (χ1) is 9.35. The zero-order valence-corrected chi connectivity index (χ0v) is 12.9. The second-order valence-corrected chi connectivity index (χ2v) is 5.00. The number of rotatable bonds is 6. The standard InChI is InChI=1S/C12H15BrN2O5/c1-12(14-2,11(16)19-3)7-20-9-6-4-5-8(10(9)13)15(17)18/h4-6,14H,7H2,1-3H3. The van der Waals surface area contributed by atoms with Gasteiger partial charge in [-0.2, -0.15) is 0 Å². The van der Waals surface area contributed by atoms with Gasteiger partial charge in [0.1, 0.15) is 22.4 Å². The fraction of sp³-hybridized carbons (Fsp3) is 0.417. The quantitative estimate of drug-likeness (QED) is 0.480. The number of nitro benzene ring substituents is 1. The van der Waals surface area contributed by atoms with Crippen LogP contribution in [0.5, 0.6) is 5.75 Å². The van der Waals surface area contributed by atoms with Gasteiger partial charge in [0.2, 0.25) is 0 Å². The highest BCUT2D eigenvalue weighted by Crippen LogP contribution is 2.34. The third-order valence-electron chi connectivity index (χ3n) is 2.84. The van der Waals surface area contributed by atoms with Gasteiger partial charge in [0.05, 0.1) is 12.0 Å². The topological polar surface area (TPSA) is 90.7 Å². The lowest BCUT2D eigenvalue weighted by atomic mass is 10.1. The Hall–Kier alpha value is -1.67. The van der Waals surface area contributed by atoms with Crippen LogP contribution in [0.2, 0.25) is 0 Å². The maximum atomic E-state index is 11.7. The number of hydrogen-bond donors (Lipinski definition) is 1. The predicted molar refractivity (Wildman–Crippen MR) is 75.8 cm³/mol. The number of esters is 1. The maximum absolute atomic E-state index is 11.7. The highest BCUT2D eigenvalue weighted by atomic mass is 79.9. The van der Waals surface area contributed by atoms with Crippen molar-refractivity contribution in [2.45, 2.75) is 12.5 Å². The van der Waals surface area contributed by atoms with Crippen LogP contribution in [0.3, 0.4) is 0 Å². The number of carbonyl (C=O) groups is 1. The SMILES string of the molecule is CNC(C)(COc1cccc([N+](=O)[O-])c1Br)C(=O)OC. The normalized spacial score (nSPS) is 13.4. The minimum absolute atomic E-state index is 0.0318. The molecule has 0 aliphatic rings. The van der Waals surface area contributed by atoms with Gasteiger partial charge in [-0.15, -0.1) is 0 Å². The first-order valence-electron chi connectivity index (χ1n) is 5.68. The smallest absolute Gasteiger partial charge is 0.329 e. The van der Waals surface area contributed by atoms with E-state index in [1.54, 1.807) is 20.0 Å². The Morgan fingerprint density at radius 3 is 2.70 bits per heavy atom. The molecule has 110 valence electrons. The lowest BCUT2D eigenvalue weighted by Crippen LogP contribution is -2.52. The monoisotopic (exact) mass is 346 g/mol. The number of benzene rings is 1. The molecule has 1 unspecified atom stereocenters. The second-order valence-electron chi connectivity index (χ2n) is 4.21. The molecule has 1 rings (SSSR count). The van der Waals surface area contributed by atoms with Crippen LogP contribution in [0.15, 0.2) is 22.7 Å². The number of nitro groups is 1. The summed E-state index contributed by atoms with van der Waals surface area (Å²) in [6, 6.07) is 4.44. The highest BCUT2D eigenvalue weighted by Gasteiger charge is 2.34. The minimum Gasteiger partial charge on any atom is -0.490 e. The number of hydrogen-bond acceptors (Lipinski definition) is 6. The highest BCUT2D eigenvalue weighted by molar-refractivity contribution is 9.10. The predicted octanol–water partition coefficient (Wildman–Crippen LogP) is 1.89. The van der Waals surface area contributed by atoms with E-state index in [1.807, 2.05) is 0 Å². The van der Waals surface area contributed by atoms with Crippen molar-refractivity contribution in [3.63, 3.8) is 0 Å². The molecule has 0 aromatic heterocycles. The molecule has 8 heteroatoms. The molecule has 0 spiro atoms. The van der Waals surface area contributed by atoms with Gasteiger partial charge in [0, 0.05) is 6.07 Å². The number of halogens is 1. The summed E-state index contributed by atoms with van der Waals surface area (Å²) in [7, 11) is 2.88. The number of carbonyl (C=O) groups excluding carboxylic acids is 1. The van der Waals surface area contributed by atoms with Crippen molar-refractivity contribution in [3.8, 4) is 5.75 Å². The lowest BCUT2D eigenvalue weighted by molar-refractivity contribution is -0.385. The summed E-state index contributed by atoms with van der Waals surface area (Å²) >= 11 is 3.12. The van der Waals surface area contributed by atoms with Crippen LogP contribution in [0.25, 0.3) is 0 Å². The molecular formula is C12H15BrN2O5. The van der Waals surface area contributed by atoms with E-state index in [0.717, 1.165) is 0 Å². The summed E-state index contributed by atoms with van der Waals surface area (Å²) in [6.45, 7) is 1.58. The van der Waals surface area contributed by atoms with Gasteiger partial charge in [0.25, 0.3) is 5.69 Å². The average Bonchev–Trinajstić information content (AvgIpc) is 2.44. The molecule has 1 N–H and O–H groups in total. The summed E-state index contributed by atoms with van der Waals surface area (Å²) < 4.78 is 10.4. The number of methoxy groups -OCH3 is 1. The first-order valence-corrected chi connectivity index (χ1v) is 6.48. The fourth-order valence-corrected chi connectivity index (χ4v) is 1.96. The fourth-order valence-electron chi connectivity index (χ4n) is 1.43. The molecule has 0 bridgehead atoms. The summed E-state index contributed by atoms with van der Waals surface area (Å²) in [5, 5.41) is 13.6. The van der Waals surface area contributed by atoms with Crippen LogP contribution in [0, 0.1) is 10.1 Å². The molecule has 0 fully saturated rings. The van der Waals surface area contributed by atoms with Gasteiger partial charge >= 0.3 is 5.97 Å². The summed E-state index contributed by atoms with van der Waals surface area (Å²) in [5.74, 6) is -0.203. The summed E-state index contributed by atoms with van der Waals surface area (Å²) in [4.78, 5) is 22.0. The van der Waals surface area contributed by atoms with E-state index >= 15 is 0 Å². The van der Waals surface area contributed by atoms with Gasteiger partial charge in [-0.25, -0.2) is 4.79 Å². The molecule has 0 aliphatic heterocycles. The van der Waals surface area contributed by atoms with Crippen molar-refractivity contribution in [1.29, 1.82) is 0 Å². The Kier molecular flexibility index (Phi) is 5.46. The van der Waals surface area contributed by atoms with Crippen LogP contribution < -0.4 is 10.1 Å². The van der Waals surface area contributed by atoms with Crippen LogP contribution in [-0.2, 0) is 9.53 Å². The van der Waals surface area contributed by atoms with E-state index in [9.17, 15) is 14.9 Å². The number of ether oxygens (including phenoxy) is 2. The van der Waals surface area contributed by atoms with E-state index in [4.69, 9.17) is 4.74 Å². The average molecular weight is 347 g/mol. The van der Waals surface area contributed by atoms with Crippen molar-refractivity contribution in [2.75, 3.05) is 20.8 Å². The molecule has 1 atom stereocenters. The van der Waals surface area contributed by atoms with E-state index in [0.29, 0.717) is 0 Å². The molecule has 20 heavy (non-hydrogen) atoms. The Labute approximate surface area is 124 Å². The van der Waals surface area contributed by atoms with Gasteiger partial charge < -0.3 is 14.8 Å². The molecule has 0 aliphatic carbocycles. The number of likely N-dealkylation sites (N-methyl/N-ethyl adjacent to an activating group) is 1. The molecular weight excluding hydrogens is 332 g/mol. The van der Waals surface area contributed by atoms with Crippen molar-refractivity contribution in [3.05, 3.63) is 32.8 Å². The van der Waals surface area contributed by atoms with E-state index in [2.05, 4.69) is 26.0 Å². The van der Waals surface area contributed by atoms with Crippen LogP contribution >= 0.6 is 15.9 Å². The Balaban J connectivity index is 2.92. The second kappa shape index (κ2) is 6.67. The first kappa shape index (κ1) is 16.4. The number of nitrogens with one attached hydrogen (secondary N) is 1. The summed E-state index contributed by atoms with van der Waals surface area (Å²) in [5.41, 5.74) is -1.15. The van der Waals surface area contributed by atoms with Gasteiger partial charge in [0.15, 0.2) is 0 Å². The van der Waals surface area contributed by atoms with Crippen LogP contribution in [-0.4, -0.2) is 37.2 Å². The molecule has 0 saturated carbocycles. The maximum Gasteiger partial charge on any atom is 0.329 e. The van der Waals surface area contributed by atoms with Crippen molar-refractivity contribution >= 4 is 27.6 Å². The molecule has 1 aromatic rings. The zero-order chi connectivity index (χ0) is 15.3. The van der Waals surface area contributed by atoms with E-state index in [-0.39, 0.29) is 22.5 Å². The lowest BCUT2D eigenvalue weighted by Gasteiger charge is -2.26. The molecule has 0 radical (unpaired) electrons. The van der Waals surface area contributed by atoms with Crippen molar-refractivity contribution in [1.82, 2.24) is 5.32 Å². The molecule has 0 heterocycles. The van der Waals surface area contributed by atoms with Crippen molar-refractivity contribution in [2.24, 2.45) is 0 Å². The molecule has 0 saturated heterocycles. The van der Waals surface area contributed by atoms with Gasteiger partial charge in [-0.1, -0.05) is 6.07 Å². The molecule has 1 aromatic carbocycles. The summed E-state index contributed by atoms with van der Waals surface area (Å²) in [6.07, 6.45) is 0. The van der Waals surface area contributed by atoms with Crippen LogP contribution in [0.1, 0.15) is 6.92 Å². The number of nitrogens with zero attached hydrogens (tertiary/aromatic N) is 1. The van der Waals surface area contributed by atoms with Crippen LogP contribution in [0.4, 0.5) is 5.69 Å². The van der Waals surface area contributed by atoms with Crippen molar-refractivity contribution < 1.29 is 19.2 Å². The van der Waals surface area contributed by atoms with E-state index in [1.165, 1.54) is 19.2 Å². The largest absolute Gasteiger partial charge is 0.490 e. The third-order valence-corrected chi connectivity index (χ3v) is 3.64.